The van der Waals surface area contributed by atoms with Crippen LogP contribution in [-0.4, -0.2) is 36.7 Å². The Labute approximate surface area is 193 Å². The lowest BCUT2D eigenvalue weighted by Gasteiger charge is -2.30. The summed E-state index contributed by atoms with van der Waals surface area (Å²) in [6, 6.07) is 11.1. The number of carbonyl (C=O) groups is 1. The van der Waals surface area contributed by atoms with Crippen LogP contribution in [0.25, 0.3) is 10.9 Å². The molecule has 0 spiro atoms. The number of sulfonamides is 1. The first-order chi connectivity index (χ1) is 15.9. The zero-order chi connectivity index (χ0) is 23.0. The van der Waals surface area contributed by atoms with E-state index in [1.54, 1.807) is 18.2 Å². The number of anilines is 1. The van der Waals surface area contributed by atoms with E-state index in [1.165, 1.54) is 34.1 Å². The van der Waals surface area contributed by atoms with Gasteiger partial charge in [-0.15, -0.1) is 0 Å². The van der Waals surface area contributed by atoms with Crippen molar-refractivity contribution in [3.63, 3.8) is 0 Å². The number of benzene rings is 2. The van der Waals surface area contributed by atoms with E-state index in [-0.39, 0.29) is 24.9 Å². The van der Waals surface area contributed by atoms with E-state index >= 15 is 0 Å². The molecule has 33 heavy (non-hydrogen) atoms. The van der Waals surface area contributed by atoms with Crippen molar-refractivity contribution in [2.45, 2.75) is 49.8 Å². The predicted octanol–water partition coefficient (Wildman–Crippen LogP) is 4.62. The lowest BCUT2D eigenvalue weighted by molar-refractivity contribution is -0.120. The maximum atomic E-state index is 13.4. The van der Waals surface area contributed by atoms with Crippen LogP contribution in [0.4, 0.5) is 10.1 Å². The maximum absolute atomic E-state index is 13.4. The smallest absolute Gasteiger partial charge is 0.243 e. The van der Waals surface area contributed by atoms with Crippen molar-refractivity contribution in [3.8, 4) is 0 Å². The average molecular weight is 470 g/mol. The third-order valence-electron chi connectivity index (χ3n) is 6.87. The molecule has 0 unspecified atom stereocenters. The van der Waals surface area contributed by atoms with Gasteiger partial charge in [-0.05, 0) is 80.5 Å². The Balaban J connectivity index is 1.29. The molecule has 2 aromatic carbocycles. The average Bonchev–Trinajstić information content (AvgIpc) is 2.98. The topological polar surface area (TPSA) is 82.3 Å². The number of aryl methyl sites for hydroxylation is 2. The van der Waals surface area contributed by atoms with Crippen LogP contribution in [-0.2, 0) is 27.7 Å². The first-order valence-electron chi connectivity index (χ1n) is 11.6. The largest absolute Gasteiger partial charge is 0.358 e. The minimum atomic E-state index is -3.64. The number of carbonyl (C=O) groups excluding carboxylic acids is 1. The van der Waals surface area contributed by atoms with Crippen LogP contribution < -0.4 is 5.32 Å². The molecule has 0 radical (unpaired) electrons. The summed E-state index contributed by atoms with van der Waals surface area (Å²) in [6.07, 6.45) is 6.34. The van der Waals surface area contributed by atoms with Gasteiger partial charge >= 0.3 is 0 Å². The molecule has 5 rings (SSSR count). The number of aromatic amines is 1. The summed E-state index contributed by atoms with van der Waals surface area (Å²) in [5, 5.41) is 3.75. The first kappa shape index (κ1) is 22.1. The highest BCUT2D eigenvalue weighted by atomic mass is 32.2. The molecule has 0 bridgehead atoms. The molecular weight excluding hydrogens is 441 g/mol. The molecule has 1 saturated heterocycles. The summed E-state index contributed by atoms with van der Waals surface area (Å²) < 4.78 is 41.6. The van der Waals surface area contributed by atoms with Crippen LogP contribution in [0.15, 0.2) is 47.4 Å². The van der Waals surface area contributed by atoms with Crippen LogP contribution in [0, 0.1) is 11.7 Å². The number of rotatable bonds is 4. The molecule has 2 aliphatic rings. The zero-order valence-corrected chi connectivity index (χ0v) is 19.3. The fourth-order valence-corrected chi connectivity index (χ4v) is 6.54. The van der Waals surface area contributed by atoms with Gasteiger partial charge in [-0.1, -0.05) is 12.5 Å². The molecule has 2 heterocycles. The number of H-pyrrole nitrogens is 1. The molecule has 3 aromatic rings. The molecule has 1 aliphatic heterocycles. The van der Waals surface area contributed by atoms with E-state index in [0.29, 0.717) is 23.4 Å². The van der Waals surface area contributed by atoms with Gasteiger partial charge in [0.1, 0.15) is 5.82 Å². The van der Waals surface area contributed by atoms with Crippen LogP contribution in [0.1, 0.15) is 43.4 Å². The number of hydrogen-bond donors (Lipinski definition) is 2. The van der Waals surface area contributed by atoms with Gasteiger partial charge in [0.2, 0.25) is 15.9 Å². The molecule has 8 heteroatoms. The fourth-order valence-electron chi connectivity index (χ4n) is 5.04. The van der Waals surface area contributed by atoms with Gasteiger partial charge in [-0.2, -0.15) is 4.31 Å². The van der Waals surface area contributed by atoms with Crippen molar-refractivity contribution in [2.75, 3.05) is 18.4 Å². The third kappa shape index (κ3) is 4.42. The Morgan fingerprint density at radius 1 is 1.03 bits per heavy atom. The maximum Gasteiger partial charge on any atom is 0.243 e. The minimum absolute atomic E-state index is 0.200. The molecular formula is C25H28FN3O3S. The molecule has 2 N–H and O–H groups in total. The van der Waals surface area contributed by atoms with Crippen molar-refractivity contribution in [1.29, 1.82) is 0 Å². The summed E-state index contributed by atoms with van der Waals surface area (Å²) in [5.74, 6) is -0.915. The number of amides is 1. The van der Waals surface area contributed by atoms with Crippen LogP contribution in [0.3, 0.4) is 0 Å². The van der Waals surface area contributed by atoms with Crippen molar-refractivity contribution in [3.05, 3.63) is 59.5 Å². The van der Waals surface area contributed by atoms with Crippen LogP contribution in [0.2, 0.25) is 0 Å². The highest BCUT2D eigenvalue weighted by Gasteiger charge is 2.32. The van der Waals surface area contributed by atoms with Gasteiger partial charge in [-0.3, -0.25) is 4.79 Å². The Bertz CT molecular complexity index is 1290. The third-order valence-corrected chi connectivity index (χ3v) is 8.77. The van der Waals surface area contributed by atoms with Gasteiger partial charge < -0.3 is 10.3 Å². The molecule has 0 atom stereocenters. The Morgan fingerprint density at radius 2 is 1.82 bits per heavy atom. The minimum Gasteiger partial charge on any atom is -0.358 e. The summed E-state index contributed by atoms with van der Waals surface area (Å²) in [5.41, 5.74) is 3.90. The van der Waals surface area contributed by atoms with E-state index in [2.05, 4.69) is 10.3 Å². The van der Waals surface area contributed by atoms with Crippen molar-refractivity contribution < 1.29 is 17.6 Å². The molecule has 6 nitrogen and oxygen atoms in total. The number of piperidine rings is 1. The quantitative estimate of drug-likeness (QED) is 0.547. The number of hydrogen-bond acceptors (Lipinski definition) is 3. The van der Waals surface area contributed by atoms with E-state index in [0.717, 1.165) is 36.6 Å². The molecule has 1 aromatic heterocycles. The van der Waals surface area contributed by atoms with E-state index in [1.807, 2.05) is 12.1 Å². The van der Waals surface area contributed by atoms with Crippen molar-refractivity contribution >= 4 is 32.5 Å². The molecule has 1 amide bonds. The van der Waals surface area contributed by atoms with Gasteiger partial charge in [-0.25, -0.2) is 12.8 Å². The molecule has 0 saturated carbocycles. The van der Waals surface area contributed by atoms with Gasteiger partial charge in [0.15, 0.2) is 0 Å². The van der Waals surface area contributed by atoms with Gasteiger partial charge in [0, 0.05) is 41.3 Å². The Morgan fingerprint density at radius 3 is 2.61 bits per heavy atom. The zero-order valence-electron chi connectivity index (χ0n) is 18.4. The van der Waals surface area contributed by atoms with Crippen molar-refractivity contribution in [1.82, 2.24) is 9.29 Å². The van der Waals surface area contributed by atoms with Crippen molar-refractivity contribution in [2.24, 2.45) is 5.92 Å². The summed E-state index contributed by atoms with van der Waals surface area (Å²) in [4.78, 5) is 16.4. The normalized spacial score (nSPS) is 18.1. The van der Waals surface area contributed by atoms with Crippen LogP contribution in [0.5, 0.6) is 0 Å². The summed E-state index contributed by atoms with van der Waals surface area (Å²) in [7, 11) is -3.64. The lowest BCUT2D eigenvalue weighted by atomic mass is 9.97. The number of nitrogens with zero attached hydrogens (tertiary/aromatic N) is 1. The predicted molar refractivity (Wildman–Crippen MR) is 126 cm³/mol. The molecule has 174 valence electrons. The van der Waals surface area contributed by atoms with E-state index in [9.17, 15) is 17.6 Å². The number of nitrogens with one attached hydrogen (secondary N) is 2. The lowest BCUT2D eigenvalue weighted by Crippen LogP contribution is -2.41. The van der Waals surface area contributed by atoms with E-state index in [4.69, 9.17) is 0 Å². The highest BCUT2D eigenvalue weighted by molar-refractivity contribution is 7.89. The number of aromatic nitrogens is 1. The van der Waals surface area contributed by atoms with Gasteiger partial charge in [0.05, 0.1) is 4.90 Å². The summed E-state index contributed by atoms with van der Waals surface area (Å²) >= 11 is 0. The van der Waals surface area contributed by atoms with Gasteiger partial charge in [0.25, 0.3) is 0 Å². The monoisotopic (exact) mass is 469 g/mol. The standard InChI is InChI=1S/C25H28FN3O3S/c26-18-5-4-6-19(15-18)27-25(30)17-11-13-29(14-12-17)33(31,32)20-9-10-24-22(16-20)21-7-2-1-3-8-23(21)28-24/h4-6,9-10,15-17,28H,1-3,7-8,11-14H2,(H,27,30). The highest BCUT2D eigenvalue weighted by Crippen LogP contribution is 2.32. The second kappa shape index (κ2) is 8.91. The first-order valence-corrected chi connectivity index (χ1v) is 13.1. The second-order valence-electron chi connectivity index (χ2n) is 9.03. The van der Waals surface area contributed by atoms with E-state index < -0.39 is 15.8 Å². The number of halogens is 1. The van der Waals surface area contributed by atoms with Crippen LogP contribution >= 0.6 is 0 Å². The second-order valence-corrected chi connectivity index (χ2v) is 11.0. The Hall–Kier alpha value is -2.71. The number of fused-ring (bicyclic) bond motifs is 3. The Kier molecular flexibility index (Phi) is 5.97. The fraction of sp³-hybridized carbons (Fsp3) is 0.400. The SMILES string of the molecule is O=C(Nc1cccc(F)c1)C1CCN(S(=O)(=O)c2ccc3[nH]c4c(c3c2)CCCCC4)CC1. The molecule has 1 aliphatic carbocycles. The summed E-state index contributed by atoms with van der Waals surface area (Å²) in [6.45, 7) is 0.569. The molecule has 1 fully saturated rings.